The number of anilines is 1. The number of imide groups is 1. The lowest BCUT2D eigenvalue weighted by Gasteiger charge is -2.29. The number of carbonyl (C=O) groups excluding carboxylic acids is 2. The van der Waals surface area contributed by atoms with Crippen LogP contribution >= 0.6 is 11.6 Å². The van der Waals surface area contributed by atoms with Gasteiger partial charge in [0.2, 0.25) is 0 Å². The summed E-state index contributed by atoms with van der Waals surface area (Å²) in [5, 5.41) is 0.288. The highest BCUT2D eigenvalue weighted by atomic mass is 35.5. The van der Waals surface area contributed by atoms with Crippen LogP contribution < -0.4 is 4.90 Å². The molecule has 0 radical (unpaired) electrons. The van der Waals surface area contributed by atoms with Crippen LogP contribution in [0.2, 0.25) is 5.02 Å². The van der Waals surface area contributed by atoms with E-state index in [1.165, 1.54) is 6.20 Å². The van der Waals surface area contributed by atoms with Crippen molar-refractivity contribution in [3.05, 3.63) is 23.4 Å². The molecule has 1 aromatic heterocycles. The van der Waals surface area contributed by atoms with Gasteiger partial charge in [0.15, 0.2) is 5.82 Å². The molecule has 2 aliphatic heterocycles. The van der Waals surface area contributed by atoms with Crippen LogP contribution in [0.5, 0.6) is 0 Å². The Bertz CT molecular complexity index is 483. The first-order valence-corrected chi connectivity index (χ1v) is 5.70. The Morgan fingerprint density at radius 1 is 1.29 bits per heavy atom. The zero-order valence-corrected chi connectivity index (χ0v) is 9.55. The summed E-state index contributed by atoms with van der Waals surface area (Å²) in [4.78, 5) is 29.1. The van der Waals surface area contributed by atoms with E-state index in [0.717, 1.165) is 4.90 Å². The second kappa shape index (κ2) is 3.78. The van der Waals surface area contributed by atoms with Gasteiger partial charge in [-0.05, 0) is 25.0 Å². The smallest absolute Gasteiger partial charge is 0.264 e. The monoisotopic (exact) mass is 252 g/mol. The van der Waals surface area contributed by atoms with Gasteiger partial charge in [0, 0.05) is 6.20 Å². The molecule has 0 N–H and O–H groups in total. The van der Waals surface area contributed by atoms with Crippen LogP contribution in [0.3, 0.4) is 0 Å². The van der Waals surface area contributed by atoms with Crippen molar-refractivity contribution < 1.29 is 14.3 Å². The summed E-state index contributed by atoms with van der Waals surface area (Å²) in [6, 6.07) is 3.25. The summed E-state index contributed by atoms with van der Waals surface area (Å²) in [5.74, 6) is -0.543. The van der Waals surface area contributed by atoms with Crippen LogP contribution in [-0.4, -0.2) is 29.0 Å². The molecule has 5 nitrogen and oxygen atoms in total. The fraction of sp³-hybridized carbons (Fsp3) is 0.364. The molecular weight excluding hydrogens is 244 g/mol. The number of amides is 2. The van der Waals surface area contributed by atoms with Gasteiger partial charge in [0.1, 0.15) is 12.2 Å². The average Bonchev–Trinajstić information content (AvgIpc) is 2.76. The number of rotatable bonds is 1. The quantitative estimate of drug-likeness (QED) is 0.704. The lowest BCUT2D eigenvalue weighted by Crippen LogP contribution is -2.52. The van der Waals surface area contributed by atoms with E-state index in [4.69, 9.17) is 16.3 Å². The molecule has 2 unspecified atom stereocenters. The highest BCUT2D eigenvalue weighted by molar-refractivity contribution is 6.35. The van der Waals surface area contributed by atoms with Crippen molar-refractivity contribution in [2.24, 2.45) is 0 Å². The van der Waals surface area contributed by atoms with Gasteiger partial charge in [-0.15, -0.1) is 0 Å². The van der Waals surface area contributed by atoms with Gasteiger partial charge >= 0.3 is 0 Å². The van der Waals surface area contributed by atoms with Crippen LogP contribution in [0, 0.1) is 0 Å². The SMILES string of the molecule is O=C1C2CCC(O2)C(=O)N1c1ncccc1Cl. The number of halogens is 1. The first-order chi connectivity index (χ1) is 8.18. The molecule has 0 saturated carbocycles. The molecule has 2 saturated heterocycles. The second-order valence-electron chi connectivity index (χ2n) is 4.01. The third-order valence-electron chi connectivity index (χ3n) is 2.96. The standard InChI is InChI=1S/C11H9ClN2O3/c12-6-2-1-5-13-9(6)14-10(15)7-3-4-8(17-7)11(14)16/h1-2,5,7-8H,3-4H2. The van der Waals surface area contributed by atoms with Crippen LogP contribution in [0.4, 0.5) is 5.82 Å². The summed E-state index contributed by atoms with van der Waals surface area (Å²) < 4.78 is 5.30. The molecule has 0 aliphatic carbocycles. The molecule has 2 aliphatic rings. The molecule has 88 valence electrons. The molecule has 6 heteroatoms. The number of morpholine rings is 1. The first kappa shape index (κ1) is 10.7. The van der Waals surface area contributed by atoms with Crippen molar-refractivity contribution in [2.45, 2.75) is 25.0 Å². The van der Waals surface area contributed by atoms with E-state index in [1.54, 1.807) is 12.1 Å². The van der Waals surface area contributed by atoms with Crippen LogP contribution in [0.15, 0.2) is 18.3 Å². The number of pyridine rings is 1. The highest BCUT2D eigenvalue weighted by Gasteiger charge is 2.48. The zero-order valence-electron chi connectivity index (χ0n) is 8.80. The van der Waals surface area contributed by atoms with Crippen LogP contribution in [0.25, 0.3) is 0 Å². The van der Waals surface area contributed by atoms with Crippen molar-refractivity contribution in [1.82, 2.24) is 4.98 Å². The highest BCUT2D eigenvalue weighted by Crippen LogP contribution is 2.33. The Kier molecular flexibility index (Phi) is 2.38. The van der Waals surface area contributed by atoms with Crippen molar-refractivity contribution in [3.8, 4) is 0 Å². The normalized spacial score (nSPS) is 27.7. The topological polar surface area (TPSA) is 59.5 Å². The molecule has 0 aromatic carbocycles. The number of nitrogens with zero attached hydrogens (tertiary/aromatic N) is 2. The van der Waals surface area contributed by atoms with E-state index in [-0.39, 0.29) is 22.7 Å². The molecular formula is C11H9ClN2O3. The fourth-order valence-electron chi connectivity index (χ4n) is 2.15. The molecule has 2 amide bonds. The van der Waals surface area contributed by atoms with Gasteiger partial charge in [0.05, 0.1) is 5.02 Å². The van der Waals surface area contributed by atoms with Crippen molar-refractivity contribution >= 4 is 29.2 Å². The Balaban J connectivity index is 2.05. The zero-order chi connectivity index (χ0) is 12.0. The van der Waals surface area contributed by atoms with Crippen molar-refractivity contribution in [2.75, 3.05) is 4.90 Å². The number of ether oxygens (including phenoxy) is 1. The lowest BCUT2D eigenvalue weighted by molar-refractivity contribution is -0.146. The summed E-state index contributed by atoms with van der Waals surface area (Å²) in [5.41, 5.74) is 0. The third kappa shape index (κ3) is 1.54. The maximum absolute atomic E-state index is 12.0. The Morgan fingerprint density at radius 3 is 2.53 bits per heavy atom. The molecule has 1 aromatic rings. The minimum Gasteiger partial charge on any atom is -0.355 e. The summed E-state index contributed by atoms with van der Waals surface area (Å²) in [7, 11) is 0. The Morgan fingerprint density at radius 2 is 1.94 bits per heavy atom. The van der Waals surface area contributed by atoms with Crippen LogP contribution in [-0.2, 0) is 14.3 Å². The fourth-order valence-corrected chi connectivity index (χ4v) is 2.35. The lowest BCUT2D eigenvalue weighted by atomic mass is 10.2. The van der Waals surface area contributed by atoms with E-state index >= 15 is 0 Å². The van der Waals surface area contributed by atoms with E-state index in [1.807, 2.05) is 0 Å². The largest absolute Gasteiger partial charge is 0.355 e. The van der Waals surface area contributed by atoms with Crippen LogP contribution in [0.1, 0.15) is 12.8 Å². The molecule has 2 atom stereocenters. The predicted octanol–water partition coefficient (Wildman–Crippen LogP) is 1.16. The van der Waals surface area contributed by atoms with E-state index in [2.05, 4.69) is 4.98 Å². The molecule has 3 rings (SSSR count). The predicted molar refractivity (Wildman–Crippen MR) is 59.6 cm³/mol. The van der Waals surface area contributed by atoms with E-state index in [0.29, 0.717) is 12.8 Å². The second-order valence-corrected chi connectivity index (χ2v) is 4.42. The minimum absolute atomic E-state index is 0.198. The number of hydrogen-bond acceptors (Lipinski definition) is 4. The van der Waals surface area contributed by atoms with Crippen molar-refractivity contribution in [3.63, 3.8) is 0 Å². The minimum atomic E-state index is -0.532. The maximum atomic E-state index is 12.0. The number of carbonyl (C=O) groups is 2. The van der Waals surface area contributed by atoms with Gasteiger partial charge in [0.25, 0.3) is 11.8 Å². The van der Waals surface area contributed by atoms with Gasteiger partial charge in [-0.2, -0.15) is 0 Å². The maximum Gasteiger partial charge on any atom is 0.264 e. The van der Waals surface area contributed by atoms with E-state index in [9.17, 15) is 9.59 Å². The molecule has 2 fully saturated rings. The molecule has 3 heterocycles. The van der Waals surface area contributed by atoms with Gasteiger partial charge in [-0.1, -0.05) is 11.6 Å². The first-order valence-electron chi connectivity index (χ1n) is 5.32. The summed E-state index contributed by atoms with van der Waals surface area (Å²) in [6.45, 7) is 0. The number of fused-ring (bicyclic) bond motifs is 2. The average molecular weight is 253 g/mol. The molecule has 17 heavy (non-hydrogen) atoms. The Hall–Kier alpha value is -1.46. The van der Waals surface area contributed by atoms with Gasteiger partial charge < -0.3 is 4.74 Å². The number of hydrogen-bond donors (Lipinski definition) is 0. The van der Waals surface area contributed by atoms with E-state index < -0.39 is 12.2 Å². The number of aromatic nitrogens is 1. The van der Waals surface area contributed by atoms with Gasteiger partial charge in [-0.3, -0.25) is 9.59 Å². The van der Waals surface area contributed by atoms with Gasteiger partial charge in [-0.25, -0.2) is 9.88 Å². The third-order valence-corrected chi connectivity index (χ3v) is 3.26. The van der Waals surface area contributed by atoms with Crippen molar-refractivity contribution in [1.29, 1.82) is 0 Å². The summed E-state index contributed by atoms with van der Waals surface area (Å²) >= 11 is 5.95. The molecule has 2 bridgehead atoms. The summed E-state index contributed by atoms with van der Waals surface area (Å²) in [6.07, 6.45) is 1.59. The Labute approximate surface area is 102 Å². The molecule has 0 spiro atoms.